The molecule has 0 unspecified atom stereocenters. The van der Waals surface area contributed by atoms with Crippen LogP contribution in [0.2, 0.25) is 0 Å². The van der Waals surface area contributed by atoms with Crippen LogP contribution in [0.15, 0.2) is 224 Å². The van der Waals surface area contributed by atoms with Gasteiger partial charge < -0.3 is 18.3 Å². The zero-order valence-electron chi connectivity index (χ0n) is 35.7. The number of rotatable bonds is 5. The molecular weight excluding hydrogens is 789 g/mol. The maximum atomic E-state index is 2.51. The second-order valence-corrected chi connectivity index (χ2v) is 17.3. The number of hydrogen-bond donors (Lipinski definition) is 0. The standard InChI is InChI=1S/C61H40N4/c1-39-36-61(65-57-32-16-8-24-47(57)48-25-9-17-33-58(48)65)50(38-60(39)64-55-30-14-6-22-45(55)46-23-7-15-31-56(46)64)49-37-40(62-51-26-10-2-18-41(51)42-19-3-11-27-52(42)62)34-35-59(49)63-53-28-12-4-20-43(53)44-21-5-13-29-54(44)63/h2-38H,1H3. The molecule has 0 fully saturated rings. The van der Waals surface area contributed by atoms with E-state index in [0.29, 0.717) is 0 Å². The van der Waals surface area contributed by atoms with Crippen LogP contribution in [-0.2, 0) is 0 Å². The van der Waals surface area contributed by atoms with Gasteiger partial charge in [-0.25, -0.2) is 0 Å². The summed E-state index contributed by atoms with van der Waals surface area (Å²) in [6.07, 6.45) is 0. The molecule has 304 valence electrons. The van der Waals surface area contributed by atoms with Crippen LogP contribution in [-0.4, -0.2) is 18.3 Å². The maximum absolute atomic E-state index is 2.51. The van der Waals surface area contributed by atoms with Crippen LogP contribution in [0, 0.1) is 6.92 Å². The molecule has 0 bridgehead atoms. The third-order valence-electron chi connectivity index (χ3n) is 13.9. The van der Waals surface area contributed by atoms with Crippen LogP contribution >= 0.6 is 0 Å². The lowest BCUT2D eigenvalue weighted by Crippen LogP contribution is -2.06. The largest absolute Gasteiger partial charge is 0.309 e. The van der Waals surface area contributed by atoms with Crippen molar-refractivity contribution in [3.63, 3.8) is 0 Å². The normalized spacial score (nSPS) is 12.1. The summed E-state index contributed by atoms with van der Waals surface area (Å²) in [5.74, 6) is 0. The second-order valence-electron chi connectivity index (χ2n) is 17.3. The molecule has 0 spiro atoms. The summed E-state index contributed by atoms with van der Waals surface area (Å²) in [7, 11) is 0. The number of fused-ring (bicyclic) bond motifs is 12. The molecule has 0 aliphatic heterocycles. The topological polar surface area (TPSA) is 19.7 Å². The monoisotopic (exact) mass is 828 g/mol. The average molecular weight is 829 g/mol. The molecule has 0 atom stereocenters. The van der Waals surface area contributed by atoms with Gasteiger partial charge in [0.1, 0.15) is 0 Å². The van der Waals surface area contributed by atoms with Crippen LogP contribution in [0.4, 0.5) is 0 Å². The third kappa shape index (κ3) is 5.08. The van der Waals surface area contributed by atoms with Gasteiger partial charge >= 0.3 is 0 Å². The minimum atomic E-state index is 1.11. The Bertz CT molecular complexity index is 4050. The first-order valence-electron chi connectivity index (χ1n) is 22.4. The van der Waals surface area contributed by atoms with E-state index in [0.717, 1.165) is 33.9 Å². The Balaban J connectivity index is 1.18. The number of benzene rings is 10. The molecule has 4 nitrogen and oxygen atoms in total. The minimum absolute atomic E-state index is 1.11. The Morgan fingerprint density at radius 1 is 0.231 bits per heavy atom. The molecule has 14 aromatic rings. The third-order valence-corrected chi connectivity index (χ3v) is 13.9. The van der Waals surface area contributed by atoms with Gasteiger partial charge in [-0.3, -0.25) is 0 Å². The molecule has 0 radical (unpaired) electrons. The van der Waals surface area contributed by atoms with Gasteiger partial charge in [0.05, 0.1) is 55.5 Å². The zero-order chi connectivity index (χ0) is 42.8. The van der Waals surface area contributed by atoms with Gasteiger partial charge in [0.15, 0.2) is 0 Å². The van der Waals surface area contributed by atoms with Crippen molar-refractivity contribution in [2.24, 2.45) is 0 Å². The summed E-state index contributed by atoms with van der Waals surface area (Å²) >= 11 is 0. The highest BCUT2D eigenvalue weighted by atomic mass is 15.0. The van der Waals surface area contributed by atoms with Crippen LogP contribution in [0.1, 0.15) is 5.56 Å². The van der Waals surface area contributed by atoms with Gasteiger partial charge in [-0.05, 0) is 91.3 Å². The summed E-state index contributed by atoms with van der Waals surface area (Å²) in [5.41, 5.74) is 17.4. The van der Waals surface area contributed by atoms with E-state index in [4.69, 9.17) is 0 Å². The lowest BCUT2D eigenvalue weighted by molar-refractivity contribution is 1.11. The number of hydrogen-bond acceptors (Lipinski definition) is 0. The fourth-order valence-electron chi connectivity index (χ4n) is 11.1. The van der Waals surface area contributed by atoms with Gasteiger partial charge in [-0.15, -0.1) is 0 Å². The van der Waals surface area contributed by atoms with Crippen molar-refractivity contribution in [1.82, 2.24) is 18.3 Å². The molecule has 10 aromatic carbocycles. The maximum Gasteiger partial charge on any atom is 0.0545 e. The first-order chi connectivity index (χ1) is 32.2. The average Bonchev–Trinajstić information content (AvgIpc) is 4.09. The van der Waals surface area contributed by atoms with Crippen LogP contribution in [0.25, 0.3) is 121 Å². The lowest BCUT2D eigenvalue weighted by Gasteiger charge is -2.23. The highest BCUT2D eigenvalue weighted by molar-refractivity contribution is 6.13. The van der Waals surface area contributed by atoms with Crippen molar-refractivity contribution in [2.45, 2.75) is 6.92 Å². The van der Waals surface area contributed by atoms with Crippen LogP contribution < -0.4 is 0 Å². The minimum Gasteiger partial charge on any atom is -0.309 e. The summed E-state index contributed by atoms with van der Waals surface area (Å²) in [5, 5.41) is 9.91. The van der Waals surface area contributed by atoms with E-state index >= 15 is 0 Å². The van der Waals surface area contributed by atoms with E-state index in [9.17, 15) is 0 Å². The van der Waals surface area contributed by atoms with Crippen molar-refractivity contribution < 1.29 is 0 Å². The van der Waals surface area contributed by atoms with E-state index in [2.05, 4.69) is 250 Å². The molecule has 0 aliphatic rings. The predicted octanol–water partition coefficient (Wildman–Crippen LogP) is 16.1. The molecule has 0 saturated carbocycles. The molecule has 4 heteroatoms. The van der Waals surface area contributed by atoms with Crippen LogP contribution in [0.3, 0.4) is 0 Å². The zero-order valence-corrected chi connectivity index (χ0v) is 35.7. The van der Waals surface area contributed by atoms with Gasteiger partial charge in [-0.1, -0.05) is 146 Å². The first kappa shape index (κ1) is 35.9. The molecule has 0 N–H and O–H groups in total. The molecule has 0 aliphatic carbocycles. The molecule has 4 heterocycles. The summed E-state index contributed by atoms with van der Waals surface area (Å²) < 4.78 is 9.93. The second kappa shape index (κ2) is 13.7. The Kier molecular flexibility index (Phi) is 7.57. The Labute approximate surface area is 374 Å². The van der Waals surface area contributed by atoms with Crippen LogP contribution in [0.5, 0.6) is 0 Å². The molecular formula is C61H40N4. The Morgan fingerprint density at radius 3 is 0.862 bits per heavy atom. The molecule has 0 saturated heterocycles. The highest BCUT2D eigenvalue weighted by Crippen LogP contribution is 2.45. The number of para-hydroxylation sites is 8. The van der Waals surface area contributed by atoms with Gasteiger partial charge in [0, 0.05) is 65.6 Å². The smallest absolute Gasteiger partial charge is 0.0545 e. The summed E-state index contributed by atoms with van der Waals surface area (Å²) in [6, 6.07) is 82.8. The highest BCUT2D eigenvalue weighted by Gasteiger charge is 2.24. The molecule has 0 amide bonds. The summed E-state index contributed by atoms with van der Waals surface area (Å²) in [4.78, 5) is 0. The van der Waals surface area contributed by atoms with Gasteiger partial charge in [-0.2, -0.15) is 0 Å². The van der Waals surface area contributed by atoms with E-state index in [1.165, 1.54) is 92.8 Å². The Morgan fingerprint density at radius 2 is 0.508 bits per heavy atom. The quantitative estimate of drug-likeness (QED) is 0.165. The fraction of sp³-hybridized carbons (Fsp3) is 0.0164. The van der Waals surface area contributed by atoms with E-state index in [1.807, 2.05) is 0 Å². The van der Waals surface area contributed by atoms with E-state index < -0.39 is 0 Å². The van der Waals surface area contributed by atoms with Crippen molar-refractivity contribution in [3.8, 4) is 33.9 Å². The summed E-state index contributed by atoms with van der Waals surface area (Å²) in [6.45, 7) is 2.28. The number of aromatic nitrogens is 4. The fourth-order valence-corrected chi connectivity index (χ4v) is 11.1. The number of nitrogens with zero attached hydrogens (tertiary/aromatic N) is 4. The molecule has 14 rings (SSSR count). The first-order valence-corrected chi connectivity index (χ1v) is 22.4. The van der Waals surface area contributed by atoms with Gasteiger partial charge in [0.25, 0.3) is 0 Å². The van der Waals surface area contributed by atoms with Crippen molar-refractivity contribution >= 4 is 87.2 Å². The lowest BCUT2D eigenvalue weighted by atomic mass is 9.96. The van der Waals surface area contributed by atoms with Crippen molar-refractivity contribution in [3.05, 3.63) is 230 Å². The SMILES string of the molecule is Cc1cc(-n2c3ccccc3c3ccccc32)c(-c2cc(-n3c4ccccc4c4ccccc43)ccc2-n2c3ccccc3c3ccccc32)cc1-n1c2ccccc2c2ccccc21. The predicted molar refractivity (Wildman–Crippen MR) is 274 cm³/mol. The molecule has 65 heavy (non-hydrogen) atoms. The number of aryl methyl sites for hydroxylation is 1. The van der Waals surface area contributed by atoms with E-state index in [-0.39, 0.29) is 0 Å². The van der Waals surface area contributed by atoms with Gasteiger partial charge in [0.2, 0.25) is 0 Å². The van der Waals surface area contributed by atoms with Crippen molar-refractivity contribution in [2.75, 3.05) is 0 Å². The Hall–Kier alpha value is -8.60. The van der Waals surface area contributed by atoms with Crippen molar-refractivity contribution in [1.29, 1.82) is 0 Å². The van der Waals surface area contributed by atoms with E-state index in [1.54, 1.807) is 0 Å². The molecule has 4 aromatic heterocycles.